The first-order valence-electron chi connectivity index (χ1n) is 8.00. The number of carbonyl (C=O) groups excluding carboxylic acids is 1. The summed E-state index contributed by atoms with van der Waals surface area (Å²) in [6.07, 6.45) is 0.435. The zero-order chi connectivity index (χ0) is 18.1. The number of nitro groups is 1. The molecule has 1 amide bonds. The Balaban J connectivity index is 1.64. The molecule has 0 unspecified atom stereocenters. The third kappa shape index (κ3) is 6.46. The number of thioether (sulfide) groups is 1. The maximum atomic E-state index is 11.8. The minimum absolute atomic E-state index is 0.0241. The van der Waals surface area contributed by atoms with Crippen molar-refractivity contribution in [2.75, 3.05) is 24.2 Å². The number of aryl methyl sites for hydroxylation is 1. The van der Waals surface area contributed by atoms with E-state index in [1.54, 1.807) is 30.0 Å². The first-order valence-corrected chi connectivity index (χ1v) is 8.98. The largest absolute Gasteiger partial charge is 0.378 e. The van der Waals surface area contributed by atoms with Crippen LogP contribution in [0, 0.1) is 17.0 Å². The molecule has 132 valence electrons. The summed E-state index contributed by atoms with van der Waals surface area (Å²) in [4.78, 5) is 23.4. The Bertz CT molecular complexity index is 720. The Morgan fingerprint density at radius 1 is 1.12 bits per heavy atom. The third-order valence-electron chi connectivity index (χ3n) is 3.48. The molecule has 0 fully saturated rings. The third-order valence-corrected chi connectivity index (χ3v) is 4.50. The second-order valence-electron chi connectivity index (χ2n) is 5.46. The Kier molecular flexibility index (Phi) is 7.28. The molecule has 0 bridgehead atoms. The highest BCUT2D eigenvalue weighted by atomic mass is 32.2. The van der Waals surface area contributed by atoms with Crippen LogP contribution < -0.4 is 10.6 Å². The van der Waals surface area contributed by atoms with Gasteiger partial charge in [-0.15, -0.1) is 11.8 Å². The van der Waals surface area contributed by atoms with Crippen LogP contribution in [0.25, 0.3) is 0 Å². The van der Waals surface area contributed by atoms with Crippen LogP contribution in [0.2, 0.25) is 0 Å². The number of para-hydroxylation sites is 2. The van der Waals surface area contributed by atoms with Gasteiger partial charge in [0.25, 0.3) is 5.69 Å². The number of hydrogen-bond acceptors (Lipinski definition) is 5. The number of benzene rings is 2. The van der Waals surface area contributed by atoms with Gasteiger partial charge in [0.15, 0.2) is 0 Å². The molecule has 0 spiro atoms. The minimum Gasteiger partial charge on any atom is -0.378 e. The molecule has 0 aliphatic heterocycles. The van der Waals surface area contributed by atoms with Crippen molar-refractivity contribution in [2.24, 2.45) is 0 Å². The van der Waals surface area contributed by atoms with Crippen LogP contribution in [0.1, 0.15) is 12.0 Å². The van der Waals surface area contributed by atoms with E-state index in [1.807, 2.05) is 6.92 Å². The summed E-state index contributed by atoms with van der Waals surface area (Å²) in [5, 5.41) is 16.7. The van der Waals surface area contributed by atoms with E-state index in [1.165, 1.54) is 11.6 Å². The van der Waals surface area contributed by atoms with Gasteiger partial charge < -0.3 is 10.6 Å². The van der Waals surface area contributed by atoms with Crippen LogP contribution in [0.15, 0.2) is 53.4 Å². The molecule has 2 aromatic rings. The van der Waals surface area contributed by atoms with Crippen molar-refractivity contribution in [1.82, 2.24) is 5.32 Å². The maximum absolute atomic E-state index is 11.8. The average Bonchev–Trinajstić information content (AvgIpc) is 2.60. The van der Waals surface area contributed by atoms with E-state index in [0.29, 0.717) is 31.0 Å². The molecule has 0 saturated heterocycles. The number of carbonyl (C=O) groups is 1. The molecule has 2 N–H and O–H groups in total. The van der Waals surface area contributed by atoms with E-state index in [4.69, 9.17) is 0 Å². The molecule has 0 heterocycles. The normalized spacial score (nSPS) is 10.3. The molecule has 0 saturated carbocycles. The Morgan fingerprint density at radius 3 is 2.56 bits per heavy atom. The number of nitrogens with one attached hydrogen (secondary N) is 2. The summed E-state index contributed by atoms with van der Waals surface area (Å²) in [5.41, 5.74) is 1.70. The van der Waals surface area contributed by atoms with Crippen LogP contribution in [-0.2, 0) is 4.79 Å². The summed E-state index contributed by atoms with van der Waals surface area (Å²) in [5.74, 6) is 0.691. The highest BCUT2D eigenvalue weighted by Gasteiger charge is 2.11. The topological polar surface area (TPSA) is 84.3 Å². The van der Waals surface area contributed by atoms with E-state index < -0.39 is 4.92 Å². The Labute approximate surface area is 151 Å². The molecular weight excluding hydrogens is 338 g/mol. The van der Waals surface area contributed by atoms with Crippen LogP contribution in [0.3, 0.4) is 0 Å². The fourth-order valence-corrected chi connectivity index (χ4v) is 3.02. The molecule has 7 heteroatoms. The maximum Gasteiger partial charge on any atom is 0.292 e. The molecule has 0 radical (unpaired) electrons. The number of hydrogen-bond donors (Lipinski definition) is 2. The van der Waals surface area contributed by atoms with Crippen LogP contribution in [0.5, 0.6) is 0 Å². The molecule has 0 aliphatic rings. The lowest BCUT2D eigenvalue weighted by Crippen LogP contribution is -2.29. The Hall–Kier alpha value is -2.54. The number of nitrogens with zero attached hydrogens (tertiary/aromatic N) is 1. The summed E-state index contributed by atoms with van der Waals surface area (Å²) < 4.78 is 0. The van der Waals surface area contributed by atoms with Crippen molar-refractivity contribution >= 4 is 29.0 Å². The van der Waals surface area contributed by atoms with Gasteiger partial charge in [0.1, 0.15) is 5.69 Å². The second-order valence-corrected chi connectivity index (χ2v) is 6.63. The number of amides is 1. The molecule has 0 aromatic heterocycles. The smallest absolute Gasteiger partial charge is 0.292 e. The number of nitro benzene ring substituents is 1. The van der Waals surface area contributed by atoms with Crippen molar-refractivity contribution in [2.45, 2.75) is 18.2 Å². The van der Waals surface area contributed by atoms with Gasteiger partial charge in [0, 0.05) is 36.2 Å². The van der Waals surface area contributed by atoms with E-state index in [2.05, 4.69) is 34.9 Å². The van der Waals surface area contributed by atoms with Gasteiger partial charge >= 0.3 is 0 Å². The predicted octanol–water partition coefficient (Wildman–Crippen LogP) is 3.61. The lowest BCUT2D eigenvalue weighted by molar-refractivity contribution is -0.384. The number of anilines is 1. The van der Waals surface area contributed by atoms with E-state index in [0.717, 1.165) is 4.90 Å². The number of rotatable bonds is 9. The van der Waals surface area contributed by atoms with Crippen molar-refractivity contribution in [1.29, 1.82) is 0 Å². The Morgan fingerprint density at radius 2 is 1.84 bits per heavy atom. The highest BCUT2D eigenvalue weighted by molar-refractivity contribution is 7.99. The van der Waals surface area contributed by atoms with Crippen LogP contribution in [-0.4, -0.2) is 29.7 Å². The van der Waals surface area contributed by atoms with Crippen molar-refractivity contribution in [3.63, 3.8) is 0 Å². The van der Waals surface area contributed by atoms with Gasteiger partial charge in [-0.2, -0.15) is 0 Å². The van der Waals surface area contributed by atoms with E-state index in [-0.39, 0.29) is 11.6 Å². The lowest BCUT2D eigenvalue weighted by Gasteiger charge is -2.08. The summed E-state index contributed by atoms with van der Waals surface area (Å²) in [6, 6.07) is 14.7. The summed E-state index contributed by atoms with van der Waals surface area (Å²) in [7, 11) is 0. The fourth-order valence-electron chi connectivity index (χ4n) is 2.17. The van der Waals surface area contributed by atoms with Crippen LogP contribution in [0.4, 0.5) is 11.4 Å². The lowest BCUT2D eigenvalue weighted by atomic mass is 10.2. The SMILES string of the molecule is Cc1ccc(SCCC(=O)NCCNc2ccccc2[N+](=O)[O-])cc1. The monoisotopic (exact) mass is 359 g/mol. The first-order chi connectivity index (χ1) is 12.1. The molecule has 0 atom stereocenters. The van der Waals surface area contributed by atoms with Crippen molar-refractivity contribution < 1.29 is 9.72 Å². The molecule has 6 nitrogen and oxygen atoms in total. The quantitative estimate of drug-likeness (QED) is 0.309. The van der Waals surface area contributed by atoms with E-state index >= 15 is 0 Å². The molecule has 2 aromatic carbocycles. The van der Waals surface area contributed by atoms with Gasteiger partial charge in [-0.25, -0.2) is 0 Å². The molecule has 2 rings (SSSR count). The van der Waals surface area contributed by atoms with Gasteiger partial charge in [0.05, 0.1) is 4.92 Å². The van der Waals surface area contributed by atoms with Gasteiger partial charge in [-0.05, 0) is 25.1 Å². The van der Waals surface area contributed by atoms with E-state index in [9.17, 15) is 14.9 Å². The van der Waals surface area contributed by atoms with Crippen molar-refractivity contribution in [3.05, 3.63) is 64.2 Å². The molecule has 0 aliphatic carbocycles. The highest BCUT2D eigenvalue weighted by Crippen LogP contribution is 2.22. The standard InChI is InChI=1S/C18H21N3O3S/c1-14-6-8-15(9-7-14)25-13-10-18(22)20-12-11-19-16-4-2-3-5-17(16)21(23)24/h2-9,19H,10-13H2,1H3,(H,20,22). The van der Waals surface area contributed by atoms with Gasteiger partial charge in [-0.3, -0.25) is 14.9 Å². The molecular formula is C18H21N3O3S. The zero-order valence-electron chi connectivity index (χ0n) is 14.0. The second kappa shape index (κ2) is 9.68. The van der Waals surface area contributed by atoms with Crippen molar-refractivity contribution in [3.8, 4) is 0 Å². The molecule has 25 heavy (non-hydrogen) atoms. The van der Waals surface area contributed by atoms with Gasteiger partial charge in [0.2, 0.25) is 5.91 Å². The summed E-state index contributed by atoms with van der Waals surface area (Å²) >= 11 is 1.65. The predicted molar refractivity (Wildman–Crippen MR) is 101 cm³/mol. The van der Waals surface area contributed by atoms with Crippen LogP contribution >= 0.6 is 11.8 Å². The average molecular weight is 359 g/mol. The van der Waals surface area contributed by atoms with Gasteiger partial charge in [-0.1, -0.05) is 29.8 Å². The minimum atomic E-state index is -0.427. The fraction of sp³-hybridized carbons (Fsp3) is 0.278. The first kappa shape index (κ1) is 18.8. The zero-order valence-corrected chi connectivity index (χ0v) is 14.8. The summed E-state index contributed by atoms with van der Waals surface area (Å²) in [6.45, 7) is 2.89.